The van der Waals surface area contributed by atoms with E-state index in [-0.39, 0.29) is 5.82 Å². The number of halogens is 1. The van der Waals surface area contributed by atoms with E-state index in [4.69, 9.17) is 4.74 Å². The van der Waals surface area contributed by atoms with E-state index in [1.165, 1.54) is 35.9 Å². The van der Waals surface area contributed by atoms with Crippen LogP contribution in [-0.4, -0.2) is 7.11 Å². The summed E-state index contributed by atoms with van der Waals surface area (Å²) in [5.41, 5.74) is 4.47. The van der Waals surface area contributed by atoms with Gasteiger partial charge in [-0.2, -0.15) is 0 Å². The van der Waals surface area contributed by atoms with Gasteiger partial charge in [-0.25, -0.2) is 4.39 Å². The largest absolute Gasteiger partial charge is 0.494 e. The number of anilines is 1. The third-order valence-corrected chi connectivity index (χ3v) is 2.93. The third-order valence-electron chi connectivity index (χ3n) is 2.93. The van der Waals surface area contributed by atoms with Crippen LogP contribution in [0.4, 0.5) is 10.1 Å². The lowest BCUT2D eigenvalue weighted by Gasteiger charge is -2.12. The fourth-order valence-corrected chi connectivity index (χ4v) is 2.18. The van der Waals surface area contributed by atoms with Crippen LogP contribution in [0.2, 0.25) is 0 Å². The maximum absolute atomic E-state index is 13.1. The normalized spacial score (nSPS) is 10.3. The van der Waals surface area contributed by atoms with Crippen molar-refractivity contribution in [2.75, 3.05) is 12.4 Å². The van der Waals surface area contributed by atoms with Crippen molar-refractivity contribution in [1.82, 2.24) is 0 Å². The molecule has 1 N–H and O–H groups in total. The van der Waals surface area contributed by atoms with Crippen molar-refractivity contribution in [2.24, 2.45) is 0 Å². The van der Waals surface area contributed by atoms with Gasteiger partial charge < -0.3 is 10.1 Å². The Bertz CT molecular complexity index is 561. The quantitative estimate of drug-likeness (QED) is 0.894. The lowest BCUT2D eigenvalue weighted by atomic mass is 10.1. The summed E-state index contributed by atoms with van der Waals surface area (Å²) in [7, 11) is 1.54. The molecule has 2 aromatic rings. The summed E-state index contributed by atoms with van der Waals surface area (Å²) in [5, 5.41) is 3.27. The zero-order valence-electron chi connectivity index (χ0n) is 11.5. The summed E-state index contributed by atoms with van der Waals surface area (Å²) in [4.78, 5) is 0. The van der Waals surface area contributed by atoms with Crippen molar-refractivity contribution in [3.05, 3.63) is 58.9 Å². The lowest BCUT2D eigenvalue weighted by molar-refractivity contribution is 0.413. The highest BCUT2D eigenvalue weighted by atomic mass is 19.1. The highest BCUT2D eigenvalue weighted by Gasteiger charge is 2.04. The van der Waals surface area contributed by atoms with Gasteiger partial charge in [0, 0.05) is 12.6 Å². The Balaban J connectivity index is 2.14. The van der Waals surface area contributed by atoms with Crippen molar-refractivity contribution >= 4 is 5.69 Å². The van der Waals surface area contributed by atoms with Crippen LogP contribution >= 0.6 is 0 Å². The number of nitrogens with one attached hydrogen (secondary N) is 1. The molecule has 0 saturated heterocycles. The van der Waals surface area contributed by atoms with Crippen molar-refractivity contribution in [2.45, 2.75) is 20.4 Å². The summed E-state index contributed by atoms with van der Waals surface area (Å²) < 4.78 is 18.3. The molecule has 0 unspecified atom stereocenters. The Kier molecular flexibility index (Phi) is 4.05. The van der Waals surface area contributed by atoms with Crippen LogP contribution in [0, 0.1) is 19.7 Å². The van der Waals surface area contributed by atoms with Crippen LogP contribution in [0.1, 0.15) is 16.7 Å². The number of rotatable bonds is 4. The van der Waals surface area contributed by atoms with E-state index >= 15 is 0 Å². The SMILES string of the molecule is COc1cc(F)ccc1NCc1cc(C)cc(C)c1. The molecule has 0 radical (unpaired) electrons. The Morgan fingerprint density at radius 3 is 2.37 bits per heavy atom. The molecule has 0 aromatic heterocycles. The first kappa shape index (κ1) is 13.4. The zero-order valence-corrected chi connectivity index (χ0v) is 11.5. The van der Waals surface area contributed by atoms with Gasteiger partial charge in [-0.05, 0) is 31.5 Å². The molecule has 0 aliphatic carbocycles. The molecule has 100 valence electrons. The number of hydrogen-bond acceptors (Lipinski definition) is 2. The minimum atomic E-state index is -0.297. The number of benzene rings is 2. The average Bonchev–Trinajstić information content (AvgIpc) is 2.36. The molecule has 19 heavy (non-hydrogen) atoms. The first-order chi connectivity index (χ1) is 9.08. The summed E-state index contributed by atoms with van der Waals surface area (Å²) in [6.07, 6.45) is 0. The topological polar surface area (TPSA) is 21.3 Å². The van der Waals surface area contributed by atoms with E-state index < -0.39 is 0 Å². The molecular weight excluding hydrogens is 241 g/mol. The summed E-state index contributed by atoms with van der Waals surface area (Å²) in [6.45, 7) is 4.84. The molecule has 2 nitrogen and oxygen atoms in total. The molecule has 3 heteroatoms. The van der Waals surface area contributed by atoms with E-state index in [1.54, 1.807) is 6.07 Å². The Hall–Kier alpha value is -2.03. The van der Waals surface area contributed by atoms with Crippen molar-refractivity contribution in [1.29, 1.82) is 0 Å². The average molecular weight is 259 g/mol. The van der Waals surface area contributed by atoms with Gasteiger partial charge in [-0.1, -0.05) is 29.3 Å². The van der Waals surface area contributed by atoms with Gasteiger partial charge in [0.25, 0.3) is 0 Å². The van der Waals surface area contributed by atoms with E-state index in [0.29, 0.717) is 12.3 Å². The van der Waals surface area contributed by atoms with Crippen molar-refractivity contribution in [3.63, 3.8) is 0 Å². The first-order valence-electron chi connectivity index (χ1n) is 6.23. The molecule has 0 fully saturated rings. The molecule has 2 aromatic carbocycles. The number of methoxy groups -OCH3 is 1. The van der Waals surface area contributed by atoms with Crippen LogP contribution in [-0.2, 0) is 6.54 Å². The minimum Gasteiger partial charge on any atom is -0.494 e. The van der Waals surface area contributed by atoms with E-state index in [2.05, 4.69) is 37.4 Å². The highest BCUT2D eigenvalue weighted by Crippen LogP contribution is 2.25. The van der Waals surface area contributed by atoms with Gasteiger partial charge in [-0.3, -0.25) is 0 Å². The maximum Gasteiger partial charge on any atom is 0.144 e. The smallest absolute Gasteiger partial charge is 0.144 e. The van der Waals surface area contributed by atoms with Gasteiger partial charge in [0.05, 0.1) is 12.8 Å². The predicted octanol–water partition coefficient (Wildman–Crippen LogP) is 4.06. The molecule has 0 atom stereocenters. The van der Waals surface area contributed by atoms with E-state index in [1.807, 2.05) is 0 Å². The number of ether oxygens (including phenoxy) is 1. The zero-order chi connectivity index (χ0) is 13.8. The van der Waals surface area contributed by atoms with E-state index in [0.717, 1.165) is 5.69 Å². The van der Waals surface area contributed by atoms with Crippen LogP contribution in [0.5, 0.6) is 5.75 Å². The first-order valence-corrected chi connectivity index (χ1v) is 6.23. The molecule has 0 heterocycles. The molecule has 0 bridgehead atoms. The highest BCUT2D eigenvalue weighted by molar-refractivity contribution is 5.56. The second-order valence-electron chi connectivity index (χ2n) is 4.69. The van der Waals surface area contributed by atoms with Gasteiger partial charge in [0.1, 0.15) is 11.6 Å². The van der Waals surface area contributed by atoms with Crippen molar-refractivity contribution < 1.29 is 9.13 Å². The van der Waals surface area contributed by atoms with E-state index in [9.17, 15) is 4.39 Å². The van der Waals surface area contributed by atoms with Gasteiger partial charge in [0.2, 0.25) is 0 Å². The molecule has 0 aliphatic rings. The summed E-state index contributed by atoms with van der Waals surface area (Å²) >= 11 is 0. The van der Waals surface area contributed by atoms with Crippen LogP contribution in [0.3, 0.4) is 0 Å². The van der Waals surface area contributed by atoms with Gasteiger partial charge in [-0.15, -0.1) is 0 Å². The predicted molar refractivity (Wildman–Crippen MR) is 76.2 cm³/mol. The molecular formula is C16H18FNO. The molecule has 0 aliphatic heterocycles. The Morgan fingerprint density at radius 2 is 1.74 bits per heavy atom. The molecule has 0 spiro atoms. The lowest BCUT2D eigenvalue weighted by Crippen LogP contribution is -2.02. The van der Waals surface area contributed by atoms with Gasteiger partial charge >= 0.3 is 0 Å². The van der Waals surface area contributed by atoms with Crippen LogP contribution in [0.25, 0.3) is 0 Å². The molecule has 2 rings (SSSR count). The summed E-state index contributed by atoms with van der Waals surface area (Å²) in [6, 6.07) is 10.9. The molecule has 0 amide bonds. The van der Waals surface area contributed by atoms with Crippen LogP contribution in [0.15, 0.2) is 36.4 Å². The molecule has 0 saturated carbocycles. The number of hydrogen-bond donors (Lipinski definition) is 1. The van der Waals surface area contributed by atoms with Crippen LogP contribution < -0.4 is 10.1 Å². The third kappa shape index (κ3) is 3.47. The number of aryl methyl sites for hydroxylation is 2. The fourth-order valence-electron chi connectivity index (χ4n) is 2.18. The fraction of sp³-hybridized carbons (Fsp3) is 0.250. The standard InChI is InChI=1S/C16H18FNO/c1-11-6-12(2)8-13(7-11)10-18-15-5-4-14(17)9-16(15)19-3/h4-9,18H,10H2,1-3H3. The monoisotopic (exact) mass is 259 g/mol. The second kappa shape index (κ2) is 5.74. The maximum atomic E-state index is 13.1. The Labute approximate surface area is 113 Å². The van der Waals surface area contributed by atoms with Gasteiger partial charge in [0.15, 0.2) is 0 Å². The minimum absolute atomic E-state index is 0.297. The Morgan fingerprint density at radius 1 is 1.05 bits per heavy atom. The summed E-state index contributed by atoms with van der Waals surface area (Å²) in [5.74, 6) is 0.221. The van der Waals surface area contributed by atoms with Crippen molar-refractivity contribution in [3.8, 4) is 5.75 Å². The second-order valence-corrected chi connectivity index (χ2v) is 4.69.